The summed E-state index contributed by atoms with van der Waals surface area (Å²) in [5.74, 6) is -0.318. The van der Waals surface area contributed by atoms with Crippen molar-refractivity contribution in [1.82, 2.24) is 9.97 Å². The Kier molecular flexibility index (Phi) is 5.10. The van der Waals surface area contributed by atoms with E-state index in [0.717, 1.165) is 21.5 Å². The molecule has 1 N–H and O–H groups in total. The molecule has 0 atom stereocenters. The summed E-state index contributed by atoms with van der Waals surface area (Å²) in [6, 6.07) is 11.4. The largest absolute Gasteiger partial charge is 0.461 e. The van der Waals surface area contributed by atoms with E-state index in [0.29, 0.717) is 17.9 Å². The van der Waals surface area contributed by atoms with Crippen LogP contribution in [0.2, 0.25) is 0 Å². The summed E-state index contributed by atoms with van der Waals surface area (Å²) in [4.78, 5) is 20.6. The summed E-state index contributed by atoms with van der Waals surface area (Å²) in [6.45, 7) is 2.19. The first-order valence-corrected chi connectivity index (χ1v) is 9.71. The third kappa shape index (κ3) is 3.49. The number of esters is 1. The van der Waals surface area contributed by atoms with E-state index in [1.807, 2.05) is 41.8 Å². The standard InChI is InChI=1S/C21H18N3O3S/c1-2-27-19(25)12-24-11-16(15-7-3-4-8-18(15)24)20(26)17-13-28-21(23-17)14-6-5-9-22-10-14/h3-11,13,26H,2,12H2,1H3/q-1. The Morgan fingerprint density at radius 1 is 1.36 bits per heavy atom. The number of aliphatic hydroxyl groups excluding tert-OH is 1. The lowest BCUT2D eigenvalue weighted by atomic mass is 10.1. The molecule has 0 bridgehead atoms. The van der Waals surface area contributed by atoms with Crippen molar-refractivity contribution in [3.63, 3.8) is 0 Å². The van der Waals surface area contributed by atoms with Crippen molar-refractivity contribution in [3.8, 4) is 10.6 Å². The van der Waals surface area contributed by atoms with Crippen LogP contribution in [0.4, 0.5) is 0 Å². The molecule has 28 heavy (non-hydrogen) atoms. The molecule has 4 aromatic rings. The van der Waals surface area contributed by atoms with Crippen LogP contribution in [0.1, 0.15) is 18.2 Å². The first-order chi connectivity index (χ1) is 13.7. The van der Waals surface area contributed by atoms with E-state index >= 15 is 0 Å². The molecule has 142 valence electrons. The average Bonchev–Trinajstić information content (AvgIpc) is 3.34. The highest BCUT2D eigenvalue weighted by atomic mass is 32.1. The number of hydrogen-bond acceptors (Lipinski definition) is 5. The maximum atomic E-state index is 11.9. The summed E-state index contributed by atoms with van der Waals surface area (Å²) < 4.78 is 6.84. The van der Waals surface area contributed by atoms with Gasteiger partial charge in [-0.3, -0.25) is 9.55 Å². The lowest BCUT2D eigenvalue weighted by molar-refractivity contribution is -0.658. The van der Waals surface area contributed by atoms with Crippen LogP contribution in [-0.2, 0) is 16.1 Å². The molecule has 7 heteroatoms. The van der Waals surface area contributed by atoms with Gasteiger partial charge in [0.25, 0.3) is 0 Å². The van der Waals surface area contributed by atoms with Gasteiger partial charge in [0.2, 0.25) is 11.6 Å². The third-order valence-electron chi connectivity index (χ3n) is 4.30. The highest BCUT2D eigenvalue weighted by molar-refractivity contribution is 7.13. The highest BCUT2D eigenvalue weighted by Crippen LogP contribution is 2.31. The highest BCUT2D eigenvalue weighted by Gasteiger charge is 2.18. The maximum Gasteiger partial charge on any atom is 0.371 e. The number of rotatable bonds is 6. The predicted molar refractivity (Wildman–Crippen MR) is 105 cm³/mol. The van der Waals surface area contributed by atoms with Crippen molar-refractivity contribution in [3.05, 3.63) is 77.7 Å². The molecule has 4 rings (SSSR count). The molecular weight excluding hydrogens is 374 g/mol. The van der Waals surface area contributed by atoms with Gasteiger partial charge in [0, 0.05) is 11.9 Å². The fourth-order valence-corrected chi connectivity index (χ4v) is 3.85. The molecule has 1 aromatic carbocycles. The summed E-state index contributed by atoms with van der Waals surface area (Å²) in [6.07, 6.45) is 5.29. The molecule has 0 aliphatic carbocycles. The molecule has 3 heterocycles. The topological polar surface area (TPSA) is 76.2 Å². The summed E-state index contributed by atoms with van der Waals surface area (Å²) in [5.41, 5.74) is 2.86. The van der Waals surface area contributed by atoms with Gasteiger partial charge in [-0.25, -0.2) is 4.79 Å². The molecule has 0 radical (unpaired) electrons. The average molecular weight is 392 g/mol. The van der Waals surface area contributed by atoms with Crippen molar-refractivity contribution in [2.75, 3.05) is 6.61 Å². The third-order valence-corrected chi connectivity index (χ3v) is 5.20. The summed E-state index contributed by atoms with van der Waals surface area (Å²) >= 11 is 1.44. The molecule has 0 unspecified atom stereocenters. The van der Waals surface area contributed by atoms with Crippen molar-refractivity contribution in [2.24, 2.45) is 0 Å². The van der Waals surface area contributed by atoms with Crippen LogP contribution in [0, 0.1) is 6.10 Å². The van der Waals surface area contributed by atoms with Gasteiger partial charge in [0.1, 0.15) is 5.38 Å². The number of para-hydroxylation sites is 1. The van der Waals surface area contributed by atoms with Crippen LogP contribution >= 0.6 is 11.3 Å². The summed E-state index contributed by atoms with van der Waals surface area (Å²) in [7, 11) is 0. The van der Waals surface area contributed by atoms with Crippen LogP contribution < -0.4 is 4.57 Å². The Bertz CT molecular complexity index is 1100. The summed E-state index contributed by atoms with van der Waals surface area (Å²) in [5, 5.41) is 14.4. The maximum absolute atomic E-state index is 11.9. The Morgan fingerprint density at radius 2 is 2.25 bits per heavy atom. The predicted octanol–water partition coefficient (Wildman–Crippen LogP) is 3.23. The van der Waals surface area contributed by atoms with Crippen molar-refractivity contribution >= 4 is 28.2 Å². The number of hydrogen-bond donors (Lipinski definition) is 1. The molecule has 0 amide bonds. The zero-order chi connectivity index (χ0) is 19.5. The Morgan fingerprint density at radius 3 is 3.04 bits per heavy atom. The number of thiazole rings is 1. The number of aromatic nitrogens is 3. The first kappa shape index (κ1) is 18.2. The van der Waals surface area contributed by atoms with E-state index < -0.39 is 0 Å². The monoisotopic (exact) mass is 392 g/mol. The van der Waals surface area contributed by atoms with E-state index in [-0.39, 0.29) is 18.6 Å². The van der Waals surface area contributed by atoms with E-state index in [1.54, 1.807) is 30.1 Å². The molecule has 0 saturated carbocycles. The van der Waals surface area contributed by atoms with Gasteiger partial charge in [0.15, 0.2) is 11.3 Å². The molecule has 6 nitrogen and oxygen atoms in total. The van der Waals surface area contributed by atoms with E-state index in [2.05, 4.69) is 9.97 Å². The van der Waals surface area contributed by atoms with Gasteiger partial charge in [-0.1, -0.05) is 12.1 Å². The van der Waals surface area contributed by atoms with Gasteiger partial charge >= 0.3 is 5.97 Å². The number of nitrogens with zero attached hydrogens (tertiary/aromatic N) is 3. The molecule has 0 spiro atoms. The van der Waals surface area contributed by atoms with Crippen LogP contribution in [0.15, 0.2) is 60.4 Å². The van der Waals surface area contributed by atoms with Gasteiger partial charge in [0.05, 0.1) is 18.3 Å². The molecule has 0 saturated heterocycles. The minimum Gasteiger partial charge on any atom is -0.461 e. The zero-order valence-electron chi connectivity index (χ0n) is 15.2. The molecular formula is C21H18N3O3S-. The number of pyridine rings is 1. The smallest absolute Gasteiger partial charge is 0.371 e. The van der Waals surface area contributed by atoms with Crippen molar-refractivity contribution in [1.29, 1.82) is 0 Å². The van der Waals surface area contributed by atoms with E-state index in [1.165, 1.54) is 11.3 Å². The second-order valence-electron chi connectivity index (χ2n) is 6.12. The minimum atomic E-state index is -0.318. The van der Waals surface area contributed by atoms with Crippen molar-refractivity contribution in [2.45, 2.75) is 13.5 Å². The van der Waals surface area contributed by atoms with Gasteiger partial charge in [-0.2, -0.15) is 6.07 Å². The zero-order valence-corrected chi connectivity index (χ0v) is 16.0. The number of benzene rings is 1. The van der Waals surface area contributed by atoms with E-state index in [4.69, 9.17) is 4.74 Å². The van der Waals surface area contributed by atoms with Gasteiger partial charge in [-0.05, 0) is 24.8 Å². The first-order valence-electron chi connectivity index (χ1n) is 8.83. The number of carbonyl (C=O) groups excluding carboxylic acids is 1. The molecule has 0 fully saturated rings. The van der Waals surface area contributed by atoms with Gasteiger partial charge < -0.3 is 14.8 Å². The molecule has 0 aliphatic heterocycles. The fourth-order valence-electron chi connectivity index (χ4n) is 3.05. The molecule has 3 aromatic heterocycles. The number of ether oxygens (including phenoxy) is 1. The normalized spacial score (nSPS) is 10.9. The number of carbonyl (C=O) groups is 1. The lowest BCUT2D eigenvalue weighted by Gasteiger charge is -2.15. The Labute approximate surface area is 166 Å². The second kappa shape index (κ2) is 7.84. The molecule has 0 aliphatic rings. The van der Waals surface area contributed by atoms with Crippen LogP contribution in [0.5, 0.6) is 0 Å². The van der Waals surface area contributed by atoms with Crippen LogP contribution in [-0.4, -0.2) is 27.7 Å². The van der Waals surface area contributed by atoms with E-state index in [9.17, 15) is 9.90 Å². The SMILES string of the molecule is CCOC(=O)C[n+]1cc([C-](O)c2c[s+][c-](-c3cccnc3)n2)c2cccc[c-]21. The Balaban J connectivity index is 1.69. The lowest BCUT2D eigenvalue weighted by Crippen LogP contribution is -2.37. The van der Waals surface area contributed by atoms with Crippen LogP contribution in [0.25, 0.3) is 21.5 Å². The minimum absolute atomic E-state index is 0.0743. The van der Waals surface area contributed by atoms with Gasteiger partial charge in [-0.15, -0.1) is 29.1 Å². The fraction of sp³-hybridized carbons (Fsp3) is 0.143. The Hall–Kier alpha value is -3.16. The second-order valence-corrected chi connectivity index (χ2v) is 6.98. The van der Waals surface area contributed by atoms with Crippen LogP contribution in [0.3, 0.4) is 0 Å². The number of aliphatic hydroxyl groups is 1. The van der Waals surface area contributed by atoms with Crippen molar-refractivity contribution < 1.29 is 19.2 Å². The number of fused-ring (bicyclic) bond motifs is 1. The quantitative estimate of drug-likeness (QED) is 0.236.